The van der Waals surface area contributed by atoms with Gasteiger partial charge in [-0.2, -0.15) is 0 Å². The zero-order chi connectivity index (χ0) is 17.7. The molecule has 25 heavy (non-hydrogen) atoms. The van der Waals surface area contributed by atoms with Gasteiger partial charge in [-0.05, 0) is 43.9 Å². The summed E-state index contributed by atoms with van der Waals surface area (Å²) in [6.45, 7) is 9.30. The molecule has 1 saturated heterocycles. The number of nitrogens with one attached hydrogen (secondary N) is 2. The van der Waals surface area contributed by atoms with Gasteiger partial charge in [-0.3, -0.25) is 9.89 Å². The molecule has 1 aliphatic heterocycles. The highest BCUT2D eigenvalue weighted by Crippen LogP contribution is 2.18. The van der Waals surface area contributed by atoms with Gasteiger partial charge in [-0.15, -0.1) is 24.0 Å². The Labute approximate surface area is 166 Å². The first-order valence-corrected chi connectivity index (χ1v) is 8.55. The van der Waals surface area contributed by atoms with E-state index in [9.17, 15) is 8.78 Å². The number of nitrogens with zero attached hydrogens (tertiary/aromatic N) is 2. The van der Waals surface area contributed by atoms with Crippen LogP contribution in [0.3, 0.4) is 0 Å². The summed E-state index contributed by atoms with van der Waals surface area (Å²) in [5, 5.41) is 6.68. The van der Waals surface area contributed by atoms with Crippen molar-refractivity contribution in [3.8, 4) is 0 Å². The Morgan fingerprint density at radius 3 is 2.40 bits per heavy atom. The minimum Gasteiger partial charge on any atom is -0.356 e. The molecule has 1 heterocycles. The van der Waals surface area contributed by atoms with Crippen LogP contribution in [0.1, 0.15) is 26.3 Å². The molecule has 2 unspecified atom stereocenters. The molecule has 2 rings (SSSR count). The first kappa shape index (κ1) is 22.1. The van der Waals surface area contributed by atoms with Crippen LogP contribution >= 0.6 is 24.0 Å². The summed E-state index contributed by atoms with van der Waals surface area (Å²) < 4.78 is 26.4. The minimum absolute atomic E-state index is 0. The topological polar surface area (TPSA) is 39.7 Å². The molecule has 0 spiro atoms. The summed E-state index contributed by atoms with van der Waals surface area (Å²) in [4.78, 5) is 6.70. The number of guanidine groups is 1. The molecule has 1 fully saturated rings. The van der Waals surface area contributed by atoms with E-state index < -0.39 is 11.6 Å². The van der Waals surface area contributed by atoms with E-state index in [0.717, 1.165) is 25.1 Å². The van der Waals surface area contributed by atoms with E-state index in [0.29, 0.717) is 36.5 Å². The average Bonchev–Trinajstić information content (AvgIpc) is 2.86. The number of halogens is 3. The molecule has 0 radical (unpaired) electrons. The third kappa shape index (κ3) is 6.69. The normalized spacial score (nSPS) is 21.3. The second-order valence-electron chi connectivity index (χ2n) is 6.80. The van der Waals surface area contributed by atoms with Gasteiger partial charge in [0.1, 0.15) is 11.6 Å². The lowest BCUT2D eigenvalue weighted by molar-refractivity contribution is 0.265. The third-order valence-corrected chi connectivity index (χ3v) is 4.55. The number of rotatable bonds is 5. The van der Waals surface area contributed by atoms with Crippen molar-refractivity contribution in [2.24, 2.45) is 10.9 Å². The van der Waals surface area contributed by atoms with Gasteiger partial charge >= 0.3 is 0 Å². The molecule has 2 atom stereocenters. The fourth-order valence-electron chi connectivity index (χ4n) is 3.06. The van der Waals surface area contributed by atoms with Crippen LogP contribution in [-0.4, -0.2) is 49.6 Å². The van der Waals surface area contributed by atoms with Crippen LogP contribution in [0, 0.1) is 17.6 Å². The lowest BCUT2D eigenvalue weighted by Gasteiger charge is -2.22. The van der Waals surface area contributed by atoms with Gasteiger partial charge in [0.15, 0.2) is 5.96 Å². The summed E-state index contributed by atoms with van der Waals surface area (Å²) in [6.07, 6.45) is 0.535. The number of hydrogen-bond donors (Lipinski definition) is 2. The monoisotopic (exact) mass is 466 g/mol. The Morgan fingerprint density at radius 1 is 1.24 bits per heavy atom. The van der Waals surface area contributed by atoms with Crippen LogP contribution in [0.5, 0.6) is 0 Å². The summed E-state index contributed by atoms with van der Waals surface area (Å²) in [7, 11) is 1.73. The first-order chi connectivity index (χ1) is 11.4. The zero-order valence-electron chi connectivity index (χ0n) is 15.4. The van der Waals surface area contributed by atoms with E-state index in [2.05, 4.69) is 41.3 Å². The molecule has 0 aromatic heterocycles. The summed E-state index contributed by atoms with van der Waals surface area (Å²) in [6, 6.07) is 4.50. The highest BCUT2D eigenvalue weighted by Gasteiger charge is 2.31. The molecule has 1 aliphatic rings. The molecular weight excluding hydrogens is 437 g/mol. The molecular formula is C18H29F2IN4. The Hall–Kier alpha value is -0.960. The Morgan fingerprint density at radius 2 is 1.88 bits per heavy atom. The Balaban J connectivity index is 0.00000312. The van der Waals surface area contributed by atoms with E-state index >= 15 is 0 Å². The predicted molar refractivity (Wildman–Crippen MR) is 110 cm³/mol. The molecule has 1 aromatic carbocycles. The van der Waals surface area contributed by atoms with Crippen molar-refractivity contribution in [1.29, 1.82) is 0 Å². The van der Waals surface area contributed by atoms with Gasteiger partial charge < -0.3 is 10.6 Å². The van der Waals surface area contributed by atoms with E-state index in [-0.39, 0.29) is 24.0 Å². The fraction of sp³-hybridized carbons (Fsp3) is 0.611. The molecule has 1 aromatic rings. The number of aliphatic imine (C=N–C) groups is 1. The third-order valence-electron chi connectivity index (χ3n) is 4.55. The first-order valence-electron chi connectivity index (χ1n) is 8.55. The number of hydrogen-bond acceptors (Lipinski definition) is 2. The quantitative estimate of drug-likeness (QED) is 0.398. The van der Waals surface area contributed by atoms with Gasteiger partial charge in [0.2, 0.25) is 0 Å². The van der Waals surface area contributed by atoms with Crippen molar-refractivity contribution in [3.63, 3.8) is 0 Å². The van der Waals surface area contributed by atoms with Crippen LogP contribution in [0.2, 0.25) is 0 Å². The van der Waals surface area contributed by atoms with Crippen molar-refractivity contribution in [2.45, 2.75) is 39.3 Å². The highest BCUT2D eigenvalue weighted by molar-refractivity contribution is 14.0. The minimum atomic E-state index is -0.541. The van der Waals surface area contributed by atoms with Crippen LogP contribution < -0.4 is 10.6 Å². The number of likely N-dealkylation sites (tertiary alicyclic amines) is 1. The second-order valence-corrected chi connectivity index (χ2v) is 6.80. The zero-order valence-corrected chi connectivity index (χ0v) is 17.7. The van der Waals surface area contributed by atoms with Crippen LogP contribution in [0.4, 0.5) is 8.78 Å². The average molecular weight is 466 g/mol. The van der Waals surface area contributed by atoms with Crippen molar-refractivity contribution in [2.75, 3.05) is 26.7 Å². The maximum Gasteiger partial charge on any atom is 0.191 e. The van der Waals surface area contributed by atoms with Crippen molar-refractivity contribution >= 4 is 29.9 Å². The van der Waals surface area contributed by atoms with Gasteiger partial charge in [0, 0.05) is 44.8 Å². The maximum absolute atomic E-state index is 13.2. The molecule has 0 bridgehead atoms. The highest BCUT2D eigenvalue weighted by atomic mass is 127. The summed E-state index contributed by atoms with van der Waals surface area (Å²) in [5.41, 5.74) is 0.635. The largest absolute Gasteiger partial charge is 0.356 e. The van der Waals surface area contributed by atoms with Gasteiger partial charge in [0.25, 0.3) is 0 Å². The Kier molecular flexibility index (Phi) is 9.06. The summed E-state index contributed by atoms with van der Waals surface area (Å²) >= 11 is 0. The fourth-order valence-corrected chi connectivity index (χ4v) is 3.06. The van der Waals surface area contributed by atoms with Crippen LogP contribution in [-0.2, 0) is 6.42 Å². The molecule has 142 valence electrons. The standard InChI is InChI=1S/C18H28F2N4.HI/c1-12(2)24-10-13(3)17(11-24)23-18(21-4)22-6-5-14-7-15(19)9-16(20)8-14;/h7-9,12-13,17H,5-6,10-11H2,1-4H3,(H2,21,22,23);1H. The SMILES string of the molecule is CN=C(NCCc1cc(F)cc(F)c1)NC1CN(C(C)C)CC1C.I. The molecule has 4 nitrogen and oxygen atoms in total. The van der Waals surface area contributed by atoms with Crippen molar-refractivity contribution in [1.82, 2.24) is 15.5 Å². The lowest BCUT2D eigenvalue weighted by Crippen LogP contribution is -2.47. The number of benzene rings is 1. The van der Waals surface area contributed by atoms with E-state index in [1.54, 1.807) is 7.05 Å². The van der Waals surface area contributed by atoms with Crippen LogP contribution in [0.15, 0.2) is 23.2 Å². The van der Waals surface area contributed by atoms with E-state index in [1.807, 2.05) is 0 Å². The van der Waals surface area contributed by atoms with E-state index in [4.69, 9.17) is 0 Å². The van der Waals surface area contributed by atoms with E-state index in [1.165, 1.54) is 12.1 Å². The van der Waals surface area contributed by atoms with Gasteiger partial charge in [-0.1, -0.05) is 6.92 Å². The van der Waals surface area contributed by atoms with Gasteiger partial charge in [0.05, 0.1) is 0 Å². The van der Waals surface area contributed by atoms with Crippen LogP contribution in [0.25, 0.3) is 0 Å². The maximum atomic E-state index is 13.2. The van der Waals surface area contributed by atoms with Crippen molar-refractivity contribution < 1.29 is 8.78 Å². The molecule has 0 aliphatic carbocycles. The molecule has 2 N–H and O–H groups in total. The second kappa shape index (κ2) is 10.3. The lowest BCUT2D eigenvalue weighted by atomic mass is 10.1. The molecule has 0 amide bonds. The summed E-state index contributed by atoms with van der Waals surface area (Å²) in [5.74, 6) is 0.194. The molecule has 0 saturated carbocycles. The molecule has 7 heteroatoms. The van der Waals surface area contributed by atoms with Crippen molar-refractivity contribution in [3.05, 3.63) is 35.4 Å². The smallest absolute Gasteiger partial charge is 0.191 e. The van der Waals surface area contributed by atoms with Gasteiger partial charge in [-0.25, -0.2) is 8.78 Å². The predicted octanol–water partition coefficient (Wildman–Crippen LogP) is 3.02. The Bertz CT molecular complexity index is 560.